The first-order valence-corrected chi connectivity index (χ1v) is 15.1. The summed E-state index contributed by atoms with van der Waals surface area (Å²) in [6.07, 6.45) is -9.51. The second-order valence-electron chi connectivity index (χ2n) is 5.04. The molecule has 1 aromatic carbocycles. The molecule has 0 bridgehead atoms. The van der Waals surface area contributed by atoms with E-state index in [9.17, 15) is 26.3 Å². The van der Waals surface area contributed by atoms with Gasteiger partial charge in [0.25, 0.3) is 0 Å². The molecule has 0 aromatic heterocycles. The maximum absolute atomic E-state index is 12.6. The Morgan fingerprint density at radius 2 is 1.06 bits per heavy atom. The van der Waals surface area contributed by atoms with E-state index in [4.69, 9.17) is 0 Å². The summed E-state index contributed by atoms with van der Waals surface area (Å²) in [5.41, 5.74) is -2.45. The molecule has 102 valence electrons. The van der Waals surface area contributed by atoms with Crippen molar-refractivity contribution in [3.8, 4) is 0 Å². The predicted molar refractivity (Wildman–Crippen MR) is 59.4 cm³/mol. The molecule has 0 heterocycles. The van der Waals surface area contributed by atoms with Crippen LogP contribution in [-0.2, 0) is 12.4 Å². The van der Waals surface area contributed by atoms with E-state index in [0.717, 1.165) is 12.1 Å². The van der Waals surface area contributed by atoms with Crippen LogP contribution in [0.3, 0.4) is 0 Å². The van der Waals surface area contributed by atoms with Gasteiger partial charge in [-0.05, 0) is 0 Å². The molecule has 1 rings (SSSR count). The third-order valence-corrected chi connectivity index (χ3v) is 8.22. The molecule has 0 saturated carbocycles. The van der Waals surface area contributed by atoms with Crippen molar-refractivity contribution in [3.05, 3.63) is 29.3 Å². The van der Waals surface area contributed by atoms with Gasteiger partial charge in [0.2, 0.25) is 0 Å². The molecule has 7 heteroatoms. The Kier molecular flexibility index (Phi) is 4.01. The zero-order valence-corrected chi connectivity index (χ0v) is 12.9. The second-order valence-corrected chi connectivity index (χ2v) is 19.5. The van der Waals surface area contributed by atoms with Crippen LogP contribution in [0.15, 0.2) is 18.2 Å². The van der Waals surface area contributed by atoms with Crippen LogP contribution in [-0.4, -0.2) is 18.4 Å². The van der Waals surface area contributed by atoms with E-state index in [1.54, 1.807) is 14.8 Å². The van der Waals surface area contributed by atoms with Crippen LogP contribution in [0.25, 0.3) is 0 Å². The van der Waals surface area contributed by atoms with Gasteiger partial charge < -0.3 is 0 Å². The van der Waals surface area contributed by atoms with Crippen LogP contribution in [0.2, 0.25) is 14.8 Å². The molecule has 0 saturated heterocycles. The minimum absolute atomic E-state index is 0.168. The summed E-state index contributed by atoms with van der Waals surface area (Å²) in [6, 6.07) is 1.87. The third-order valence-electron chi connectivity index (χ3n) is 2.45. The predicted octanol–water partition coefficient (Wildman–Crippen LogP) is 4.27. The van der Waals surface area contributed by atoms with Crippen LogP contribution in [0.5, 0.6) is 0 Å². The fraction of sp³-hybridized carbons (Fsp3) is 0.455. The number of alkyl halides is 6. The Hall–Kier alpha value is -0.401. The summed E-state index contributed by atoms with van der Waals surface area (Å²) >= 11 is -3.00. The Morgan fingerprint density at radius 1 is 0.722 bits per heavy atom. The fourth-order valence-electron chi connectivity index (χ4n) is 1.39. The van der Waals surface area contributed by atoms with Crippen LogP contribution < -0.4 is 3.58 Å². The van der Waals surface area contributed by atoms with Crippen LogP contribution in [0.4, 0.5) is 26.3 Å². The molecule has 0 nitrogen and oxygen atoms in total. The third kappa shape index (κ3) is 3.79. The van der Waals surface area contributed by atoms with E-state index in [0.29, 0.717) is 0 Å². The normalized spacial score (nSPS) is 13.8. The molecule has 0 spiro atoms. The maximum atomic E-state index is 12.6. The Labute approximate surface area is 105 Å². The molecule has 0 aliphatic rings. The van der Waals surface area contributed by atoms with Gasteiger partial charge in [-0.2, -0.15) is 0 Å². The quantitative estimate of drug-likeness (QED) is 0.507. The first-order chi connectivity index (χ1) is 7.82. The van der Waals surface area contributed by atoms with Crippen molar-refractivity contribution in [2.75, 3.05) is 0 Å². The SMILES string of the molecule is [CH3][Sn]([CH3])([CH3])[c]1cc(C(F)(F)F)cc(C(F)(F)F)c1. The molecule has 0 radical (unpaired) electrons. The molecular formula is C11H12F6Sn. The van der Waals surface area contributed by atoms with Gasteiger partial charge in [-0.15, -0.1) is 0 Å². The van der Waals surface area contributed by atoms with Gasteiger partial charge >= 0.3 is 105 Å². The van der Waals surface area contributed by atoms with Crippen LogP contribution in [0.1, 0.15) is 11.1 Å². The van der Waals surface area contributed by atoms with E-state index < -0.39 is 41.9 Å². The van der Waals surface area contributed by atoms with E-state index in [1.807, 2.05) is 0 Å². The van der Waals surface area contributed by atoms with Crippen molar-refractivity contribution in [2.24, 2.45) is 0 Å². The van der Waals surface area contributed by atoms with E-state index >= 15 is 0 Å². The number of hydrogen-bond donors (Lipinski definition) is 0. The first-order valence-electron chi connectivity index (χ1n) is 5.12. The molecule has 0 unspecified atom stereocenters. The van der Waals surface area contributed by atoms with E-state index in [2.05, 4.69) is 0 Å². The van der Waals surface area contributed by atoms with Crippen molar-refractivity contribution in [1.29, 1.82) is 0 Å². The van der Waals surface area contributed by atoms with Gasteiger partial charge in [-0.25, -0.2) is 0 Å². The zero-order valence-electron chi connectivity index (χ0n) is 10.00. The summed E-state index contributed by atoms with van der Waals surface area (Å²) in [7, 11) is 0. The molecule has 0 atom stereocenters. The van der Waals surface area contributed by atoms with Gasteiger partial charge in [0.1, 0.15) is 0 Å². The first kappa shape index (κ1) is 15.7. The molecule has 18 heavy (non-hydrogen) atoms. The summed E-state index contributed by atoms with van der Waals surface area (Å²) < 4.78 is 75.7. The van der Waals surface area contributed by atoms with Crippen LogP contribution in [0, 0.1) is 0 Å². The summed E-state index contributed by atoms with van der Waals surface area (Å²) in [6.45, 7) is 0. The molecule has 0 amide bonds. The minimum atomic E-state index is -4.76. The van der Waals surface area contributed by atoms with Crippen molar-refractivity contribution in [2.45, 2.75) is 27.2 Å². The zero-order chi connectivity index (χ0) is 14.4. The van der Waals surface area contributed by atoms with Gasteiger partial charge in [0, 0.05) is 0 Å². The van der Waals surface area contributed by atoms with Crippen molar-refractivity contribution < 1.29 is 26.3 Å². The van der Waals surface area contributed by atoms with Gasteiger partial charge in [0.15, 0.2) is 0 Å². The number of hydrogen-bond acceptors (Lipinski definition) is 0. The van der Waals surface area contributed by atoms with E-state index in [-0.39, 0.29) is 9.65 Å². The van der Waals surface area contributed by atoms with Crippen LogP contribution >= 0.6 is 0 Å². The molecule has 0 fully saturated rings. The number of halogens is 6. The number of benzene rings is 1. The average Bonchev–Trinajstić information content (AvgIpc) is 2.13. The standard InChI is InChI=1S/C8H3F6.3CH3.Sn/c9-7(10,11)5-2-1-3-6(4-5)8(12,13)14;;;;/h2-4H;3*1H3;. The topological polar surface area (TPSA) is 0 Å². The van der Waals surface area contributed by atoms with Gasteiger partial charge in [-0.3, -0.25) is 0 Å². The summed E-state index contributed by atoms with van der Waals surface area (Å²) in [4.78, 5) is 5.30. The molecule has 1 aromatic rings. The Morgan fingerprint density at radius 3 is 1.28 bits per heavy atom. The summed E-state index contributed by atoms with van der Waals surface area (Å²) in [5, 5.41) is 0. The van der Waals surface area contributed by atoms with E-state index in [1.165, 1.54) is 0 Å². The molecule has 0 N–H and O–H groups in total. The summed E-state index contributed by atoms with van der Waals surface area (Å²) in [5.74, 6) is 0. The number of rotatable bonds is 1. The molecule has 0 aliphatic carbocycles. The second kappa shape index (κ2) is 4.61. The fourth-order valence-corrected chi connectivity index (χ4v) is 4.75. The van der Waals surface area contributed by atoms with Gasteiger partial charge in [-0.1, -0.05) is 0 Å². The van der Waals surface area contributed by atoms with Gasteiger partial charge in [0.05, 0.1) is 0 Å². The van der Waals surface area contributed by atoms with Crippen molar-refractivity contribution in [3.63, 3.8) is 0 Å². The monoisotopic (exact) mass is 378 g/mol. The van der Waals surface area contributed by atoms with Crippen molar-refractivity contribution >= 4 is 22.0 Å². The average molecular weight is 377 g/mol. The molecule has 0 aliphatic heterocycles. The Bertz CT molecular complexity index is 359. The Balaban J connectivity index is 3.49. The molecular weight excluding hydrogens is 365 g/mol. The van der Waals surface area contributed by atoms with Crippen molar-refractivity contribution in [1.82, 2.24) is 0 Å².